The summed E-state index contributed by atoms with van der Waals surface area (Å²) in [5, 5.41) is 0.771. The van der Waals surface area contributed by atoms with Gasteiger partial charge in [0.2, 0.25) is 0 Å². The lowest BCUT2D eigenvalue weighted by Gasteiger charge is -2.28. The molecule has 1 amide bonds. The van der Waals surface area contributed by atoms with E-state index in [1.807, 2.05) is 13.8 Å². The molecule has 1 aliphatic rings. The summed E-state index contributed by atoms with van der Waals surface area (Å²) in [7, 11) is 1.61. The fraction of sp³-hybridized carbons (Fsp3) is 0.778. The molecule has 26 heavy (non-hydrogen) atoms. The van der Waals surface area contributed by atoms with Crippen molar-refractivity contribution < 1.29 is 33.5 Å². The monoisotopic (exact) mass is 371 g/mol. The maximum atomic E-state index is 12.3. The number of piperidine rings is 1. The van der Waals surface area contributed by atoms with Crippen molar-refractivity contribution in [3.63, 3.8) is 0 Å². The summed E-state index contributed by atoms with van der Waals surface area (Å²) in [4.78, 5) is 52.0. The van der Waals surface area contributed by atoms with Crippen molar-refractivity contribution in [1.29, 1.82) is 0 Å². The number of carbonyl (C=O) groups excluding carboxylic acids is 4. The summed E-state index contributed by atoms with van der Waals surface area (Å²) in [5.74, 6) is -1.54. The number of methoxy groups -OCH3 is 1. The quantitative estimate of drug-likeness (QED) is 0.575. The second kappa shape index (κ2) is 9.23. The van der Waals surface area contributed by atoms with Gasteiger partial charge >= 0.3 is 5.97 Å². The standard InChI is InChI=1S/C18H29NO7/c1-17(2,24-5)10-11-25-18(3,4)14(21)7-9-16(23)26-19-12-13(20)6-8-15(19)22/h6-12H2,1-5H3. The van der Waals surface area contributed by atoms with Crippen LogP contribution in [0.3, 0.4) is 0 Å². The molecule has 1 heterocycles. The Morgan fingerprint density at radius 2 is 1.73 bits per heavy atom. The van der Waals surface area contributed by atoms with Gasteiger partial charge in [-0.25, -0.2) is 4.79 Å². The first-order chi connectivity index (χ1) is 12.0. The summed E-state index contributed by atoms with van der Waals surface area (Å²) in [6.45, 7) is 7.25. The first-order valence-corrected chi connectivity index (χ1v) is 8.72. The Balaban J connectivity index is 2.40. The van der Waals surface area contributed by atoms with Gasteiger partial charge in [-0.05, 0) is 34.1 Å². The maximum absolute atomic E-state index is 12.3. The minimum absolute atomic E-state index is 0.0315. The first kappa shape index (κ1) is 22.2. The fourth-order valence-electron chi connectivity index (χ4n) is 2.20. The number of ketones is 2. The van der Waals surface area contributed by atoms with Gasteiger partial charge in [-0.15, -0.1) is 0 Å². The molecule has 1 aliphatic heterocycles. The van der Waals surface area contributed by atoms with E-state index in [4.69, 9.17) is 14.3 Å². The van der Waals surface area contributed by atoms with E-state index < -0.39 is 17.5 Å². The summed E-state index contributed by atoms with van der Waals surface area (Å²) < 4.78 is 10.9. The normalized spacial score (nSPS) is 16.0. The molecule has 0 aromatic carbocycles. The van der Waals surface area contributed by atoms with Crippen LogP contribution in [0.1, 0.15) is 59.8 Å². The predicted octanol–water partition coefficient (Wildman–Crippen LogP) is 1.60. The summed E-state index contributed by atoms with van der Waals surface area (Å²) in [5.41, 5.74) is -1.39. The van der Waals surface area contributed by atoms with Crippen LogP contribution in [-0.2, 0) is 33.5 Å². The van der Waals surface area contributed by atoms with Crippen molar-refractivity contribution in [1.82, 2.24) is 5.06 Å². The van der Waals surface area contributed by atoms with Crippen LogP contribution in [0.4, 0.5) is 0 Å². The lowest BCUT2D eigenvalue weighted by Crippen LogP contribution is -2.42. The number of hydrogen-bond donors (Lipinski definition) is 0. The molecule has 0 bridgehead atoms. The molecule has 0 aromatic rings. The van der Waals surface area contributed by atoms with Crippen LogP contribution in [-0.4, -0.2) is 60.0 Å². The molecule has 1 rings (SSSR count). The van der Waals surface area contributed by atoms with Crippen LogP contribution in [0.25, 0.3) is 0 Å². The molecule has 0 unspecified atom stereocenters. The van der Waals surface area contributed by atoms with Gasteiger partial charge in [0.25, 0.3) is 5.91 Å². The number of Topliss-reactive ketones (excluding diaryl/α,β-unsaturated/α-hetero) is 2. The van der Waals surface area contributed by atoms with Gasteiger partial charge in [-0.2, -0.15) is 5.06 Å². The zero-order valence-corrected chi connectivity index (χ0v) is 16.3. The number of rotatable bonds is 10. The SMILES string of the molecule is COC(C)(C)CCOC(C)(C)C(=O)CCC(=O)ON1CC(=O)CCC1=O. The number of hydrogen-bond acceptors (Lipinski definition) is 7. The molecule has 1 fully saturated rings. The van der Waals surface area contributed by atoms with Crippen molar-refractivity contribution >= 4 is 23.4 Å². The highest BCUT2D eigenvalue weighted by Gasteiger charge is 2.31. The third-order valence-electron chi connectivity index (χ3n) is 4.38. The van der Waals surface area contributed by atoms with Gasteiger partial charge in [0.05, 0.1) is 18.6 Å². The number of amides is 1. The molecule has 8 nitrogen and oxygen atoms in total. The molecule has 0 N–H and O–H groups in total. The van der Waals surface area contributed by atoms with E-state index >= 15 is 0 Å². The Hall–Kier alpha value is -1.80. The number of carbonyl (C=O) groups is 4. The third-order valence-corrected chi connectivity index (χ3v) is 4.38. The molecule has 0 atom stereocenters. The second-order valence-corrected chi connectivity index (χ2v) is 7.43. The molecule has 0 spiro atoms. The lowest BCUT2D eigenvalue weighted by molar-refractivity contribution is -0.201. The minimum Gasteiger partial charge on any atom is -0.379 e. The minimum atomic E-state index is -1.04. The molecule has 1 saturated heterocycles. The first-order valence-electron chi connectivity index (χ1n) is 8.72. The largest absolute Gasteiger partial charge is 0.379 e. The fourth-order valence-corrected chi connectivity index (χ4v) is 2.20. The molecule has 0 radical (unpaired) electrons. The van der Waals surface area contributed by atoms with E-state index in [2.05, 4.69) is 0 Å². The van der Waals surface area contributed by atoms with Gasteiger partial charge in [-0.1, -0.05) is 0 Å². The number of hydroxylamine groups is 2. The third kappa shape index (κ3) is 7.21. The number of ether oxygens (including phenoxy) is 2. The molecule has 0 saturated carbocycles. The van der Waals surface area contributed by atoms with E-state index in [1.54, 1.807) is 21.0 Å². The Kier molecular flexibility index (Phi) is 7.89. The van der Waals surface area contributed by atoms with Crippen molar-refractivity contribution in [2.45, 2.75) is 71.0 Å². The summed E-state index contributed by atoms with van der Waals surface area (Å²) in [6.07, 6.45) is 0.552. The van der Waals surface area contributed by atoms with Gasteiger partial charge in [-0.3, -0.25) is 14.4 Å². The van der Waals surface area contributed by atoms with Crippen LogP contribution < -0.4 is 0 Å². The number of nitrogens with zero attached hydrogens (tertiary/aromatic N) is 1. The van der Waals surface area contributed by atoms with E-state index in [1.165, 1.54) is 0 Å². The predicted molar refractivity (Wildman–Crippen MR) is 92.0 cm³/mol. The lowest BCUT2D eigenvalue weighted by atomic mass is 9.99. The molecule has 8 heteroatoms. The Morgan fingerprint density at radius 1 is 1.08 bits per heavy atom. The van der Waals surface area contributed by atoms with Gasteiger partial charge < -0.3 is 14.3 Å². The van der Waals surface area contributed by atoms with Crippen LogP contribution in [0, 0.1) is 0 Å². The van der Waals surface area contributed by atoms with E-state index in [9.17, 15) is 19.2 Å². The highest BCUT2D eigenvalue weighted by molar-refractivity contribution is 5.93. The van der Waals surface area contributed by atoms with Gasteiger partial charge in [0, 0.05) is 26.4 Å². The van der Waals surface area contributed by atoms with Crippen molar-refractivity contribution in [3.05, 3.63) is 0 Å². The molecular weight excluding hydrogens is 342 g/mol. The van der Waals surface area contributed by atoms with E-state index in [0.717, 1.165) is 5.06 Å². The Morgan fingerprint density at radius 3 is 2.35 bits per heavy atom. The zero-order chi connectivity index (χ0) is 20.0. The van der Waals surface area contributed by atoms with Crippen LogP contribution in [0.5, 0.6) is 0 Å². The topological polar surface area (TPSA) is 99.2 Å². The summed E-state index contributed by atoms with van der Waals surface area (Å²) >= 11 is 0. The van der Waals surface area contributed by atoms with Crippen LogP contribution >= 0.6 is 0 Å². The zero-order valence-electron chi connectivity index (χ0n) is 16.3. The highest BCUT2D eigenvalue weighted by Crippen LogP contribution is 2.19. The Bertz CT molecular complexity index is 554. The molecule has 148 valence electrons. The smallest absolute Gasteiger partial charge is 0.333 e. The van der Waals surface area contributed by atoms with Crippen LogP contribution in [0.15, 0.2) is 0 Å². The average Bonchev–Trinajstić information content (AvgIpc) is 2.55. The Labute approximate surface area is 154 Å². The van der Waals surface area contributed by atoms with Crippen molar-refractivity contribution in [2.75, 3.05) is 20.3 Å². The average molecular weight is 371 g/mol. The second-order valence-electron chi connectivity index (χ2n) is 7.43. The van der Waals surface area contributed by atoms with Crippen molar-refractivity contribution in [2.24, 2.45) is 0 Å². The van der Waals surface area contributed by atoms with E-state index in [-0.39, 0.29) is 49.4 Å². The van der Waals surface area contributed by atoms with Crippen molar-refractivity contribution in [3.8, 4) is 0 Å². The maximum Gasteiger partial charge on any atom is 0.333 e. The molecule has 0 aliphatic carbocycles. The van der Waals surface area contributed by atoms with Crippen LogP contribution in [0.2, 0.25) is 0 Å². The summed E-state index contributed by atoms with van der Waals surface area (Å²) in [6, 6.07) is 0. The highest BCUT2D eigenvalue weighted by atomic mass is 16.7. The van der Waals surface area contributed by atoms with Gasteiger partial charge in [0.15, 0.2) is 11.6 Å². The van der Waals surface area contributed by atoms with E-state index in [0.29, 0.717) is 13.0 Å². The molecule has 0 aromatic heterocycles. The molecular formula is C18H29NO7. The van der Waals surface area contributed by atoms with Gasteiger partial charge in [0.1, 0.15) is 12.1 Å².